The highest BCUT2D eigenvalue weighted by atomic mass is 16.6. The van der Waals surface area contributed by atoms with Crippen molar-refractivity contribution in [1.29, 1.82) is 0 Å². The van der Waals surface area contributed by atoms with Gasteiger partial charge in [0, 0.05) is 25.9 Å². The van der Waals surface area contributed by atoms with E-state index in [1.807, 2.05) is 0 Å². The third-order valence-electron chi connectivity index (χ3n) is 2.37. The van der Waals surface area contributed by atoms with E-state index in [-0.39, 0.29) is 18.0 Å². The van der Waals surface area contributed by atoms with Gasteiger partial charge in [-0.05, 0) is 12.8 Å². The predicted molar refractivity (Wildman–Crippen MR) is 45.3 cm³/mol. The standard InChI is InChI=1S/C9H13NO3/c11-7-3-5-10(6-4-7)9(12)13-8-1-2-8/h8H,1-6H2. The second-order valence-electron chi connectivity index (χ2n) is 3.61. The van der Waals surface area contributed by atoms with E-state index in [9.17, 15) is 9.59 Å². The van der Waals surface area contributed by atoms with Crippen LogP contribution in [0.3, 0.4) is 0 Å². The molecule has 0 bridgehead atoms. The summed E-state index contributed by atoms with van der Waals surface area (Å²) >= 11 is 0. The molecule has 2 fully saturated rings. The third kappa shape index (κ3) is 2.20. The molecule has 4 nitrogen and oxygen atoms in total. The minimum atomic E-state index is -0.241. The van der Waals surface area contributed by atoms with Crippen LogP contribution >= 0.6 is 0 Å². The Morgan fingerprint density at radius 3 is 2.46 bits per heavy atom. The summed E-state index contributed by atoms with van der Waals surface area (Å²) in [5.41, 5.74) is 0. The monoisotopic (exact) mass is 183 g/mol. The summed E-state index contributed by atoms with van der Waals surface area (Å²) in [6.45, 7) is 1.06. The smallest absolute Gasteiger partial charge is 0.410 e. The molecule has 0 atom stereocenters. The fourth-order valence-corrected chi connectivity index (χ4v) is 1.34. The average Bonchev–Trinajstić information content (AvgIpc) is 2.89. The van der Waals surface area contributed by atoms with E-state index in [2.05, 4.69) is 0 Å². The second-order valence-corrected chi connectivity index (χ2v) is 3.61. The van der Waals surface area contributed by atoms with Crippen LogP contribution in [0.5, 0.6) is 0 Å². The molecular formula is C9H13NO3. The number of piperidine rings is 1. The van der Waals surface area contributed by atoms with Crippen molar-refractivity contribution in [3.8, 4) is 0 Å². The Balaban J connectivity index is 1.78. The van der Waals surface area contributed by atoms with E-state index in [1.54, 1.807) is 4.90 Å². The summed E-state index contributed by atoms with van der Waals surface area (Å²) in [6.07, 6.45) is 2.89. The molecule has 4 heteroatoms. The van der Waals surface area contributed by atoms with Crippen LogP contribution in [0.15, 0.2) is 0 Å². The first kappa shape index (κ1) is 8.53. The Hall–Kier alpha value is -1.06. The van der Waals surface area contributed by atoms with Crippen molar-refractivity contribution in [2.24, 2.45) is 0 Å². The minimum Gasteiger partial charge on any atom is -0.446 e. The molecule has 1 heterocycles. The van der Waals surface area contributed by atoms with Gasteiger partial charge in [-0.3, -0.25) is 4.79 Å². The summed E-state index contributed by atoms with van der Waals surface area (Å²) < 4.78 is 5.11. The first-order valence-electron chi connectivity index (χ1n) is 4.73. The number of ketones is 1. The lowest BCUT2D eigenvalue weighted by atomic mass is 10.1. The summed E-state index contributed by atoms with van der Waals surface area (Å²) in [4.78, 5) is 23.9. The van der Waals surface area contributed by atoms with Crippen molar-refractivity contribution in [1.82, 2.24) is 4.90 Å². The summed E-state index contributed by atoms with van der Waals surface area (Å²) in [5, 5.41) is 0. The molecule has 0 N–H and O–H groups in total. The molecular weight excluding hydrogens is 170 g/mol. The first-order chi connectivity index (χ1) is 6.25. The predicted octanol–water partition coefficient (Wildman–Crippen LogP) is 0.950. The van der Waals surface area contributed by atoms with E-state index in [1.165, 1.54) is 0 Å². The van der Waals surface area contributed by atoms with E-state index in [0.717, 1.165) is 12.8 Å². The molecule has 2 rings (SSSR count). The zero-order chi connectivity index (χ0) is 9.26. The fourth-order valence-electron chi connectivity index (χ4n) is 1.34. The number of hydrogen-bond acceptors (Lipinski definition) is 3. The lowest BCUT2D eigenvalue weighted by Gasteiger charge is -2.25. The molecule has 1 saturated carbocycles. The number of likely N-dealkylation sites (tertiary alicyclic amines) is 1. The van der Waals surface area contributed by atoms with Gasteiger partial charge in [-0.15, -0.1) is 0 Å². The second kappa shape index (κ2) is 3.36. The molecule has 0 unspecified atom stereocenters. The number of amides is 1. The van der Waals surface area contributed by atoms with Crippen molar-refractivity contribution < 1.29 is 14.3 Å². The Morgan fingerprint density at radius 1 is 1.31 bits per heavy atom. The van der Waals surface area contributed by atoms with Gasteiger partial charge < -0.3 is 9.64 Å². The quantitative estimate of drug-likeness (QED) is 0.608. The molecule has 0 aromatic rings. The SMILES string of the molecule is O=C1CCN(C(=O)OC2CC2)CC1. The molecule has 2 aliphatic rings. The normalized spacial score (nSPS) is 23.1. The van der Waals surface area contributed by atoms with E-state index in [4.69, 9.17) is 4.74 Å². The van der Waals surface area contributed by atoms with Crippen LogP contribution in [-0.2, 0) is 9.53 Å². The zero-order valence-electron chi connectivity index (χ0n) is 7.49. The number of Topliss-reactive ketones (excluding diaryl/α,β-unsaturated/α-hetero) is 1. The Morgan fingerprint density at radius 2 is 1.92 bits per heavy atom. The van der Waals surface area contributed by atoms with E-state index in [0.29, 0.717) is 25.9 Å². The van der Waals surface area contributed by atoms with Crippen LogP contribution in [0, 0.1) is 0 Å². The van der Waals surface area contributed by atoms with Gasteiger partial charge in [-0.2, -0.15) is 0 Å². The number of carbonyl (C=O) groups is 2. The number of ether oxygens (including phenoxy) is 1. The summed E-state index contributed by atoms with van der Waals surface area (Å²) in [6, 6.07) is 0. The maximum Gasteiger partial charge on any atom is 0.410 e. The number of rotatable bonds is 1. The molecule has 0 aromatic heterocycles. The largest absolute Gasteiger partial charge is 0.446 e. The van der Waals surface area contributed by atoms with Gasteiger partial charge in [-0.1, -0.05) is 0 Å². The van der Waals surface area contributed by atoms with Crippen LogP contribution in [0.4, 0.5) is 4.79 Å². The first-order valence-corrected chi connectivity index (χ1v) is 4.73. The maximum absolute atomic E-state index is 11.3. The van der Waals surface area contributed by atoms with Crippen LogP contribution < -0.4 is 0 Å². The molecule has 1 aliphatic heterocycles. The van der Waals surface area contributed by atoms with E-state index >= 15 is 0 Å². The highest BCUT2D eigenvalue weighted by Gasteiger charge is 2.29. The van der Waals surface area contributed by atoms with Gasteiger partial charge in [0.1, 0.15) is 11.9 Å². The summed E-state index contributed by atoms with van der Waals surface area (Å²) in [5.74, 6) is 0.246. The van der Waals surface area contributed by atoms with Crippen molar-refractivity contribution in [3.05, 3.63) is 0 Å². The van der Waals surface area contributed by atoms with Crippen molar-refractivity contribution >= 4 is 11.9 Å². The van der Waals surface area contributed by atoms with Gasteiger partial charge >= 0.3 is 6.09 Å². The van der Waals surface area contributed by atoms with Gasteiger partial charge in [0.15, 0.2) is 0 Å². The van der Waals surface area contributed by atoms with Gasteiger partial charge in [0.05, 0.1) is 0 Å². The molecule has 1 amide bonds. The Kier molecular flexibility index (Phi) is 2.20. The summed E-state index contributed by atoms with van der Waals surface area (Å²) in [7, 11) is 0. The highest BCUT2D eigenvalue weighted by Crippen LogP contribution is 2.24. The molecule has 0 aromatic carbocycles. The number of nitrogens with zero attached hydrogens (tertiary/aromatic N) is 1. The van der Waals surface area contributed by atoms with Crippen molar-refractivity contribution in [2.45, 2.75) is 31.8 Å². The molecule has 72 valence electrons. The highest BCUT2D eigenvalue weighted by molar-refractivity contribution is 5.81. The topological polar surface area (TPSA) is 46.6 Å². The lowest BCUT2D eigenvalue weighted by molar-refractivity contribution is -0.121. The number of carbonyl (C=O) groups excluding carboxylic acids is 2. The van der Waals surface area contributed by atoms with Crippen LogP contribution in [0.2, 0.25) is 0 Å². The Labute approximate surface area is 76.8 Å². The van der Waals surface area contributed by atoms with Gasteiger partial charge in [-0.25, -0.2) is 4.79 Å². The van der Waals surface area contributed by atoms with Gasteiger partial charge in [0.2, 0.25) is 0 Å². The van der Waals surface area contributed by atoms with Crippen molar-refractivity contribution in [3.63, 3.8) is 0 Å². The molecule has 0 spiro atoms. The maximum atomic E-state index is 11.3. The minimum absolute atomic E-state index is 0.158. The average molecular weight is 183 g/mol. The molecule has 13 heavy (non-hydrogen) atoms. The van der Waals surface area contributed by atoms with Crippen molar-refractivity contribution in [2.75, 3.05) is 13.1 Å². The molecule has 1 aliphatic carbocycles. The Bertz CT molecular complexity index is 225. The zero-order valence-corrected chi connectivity index (χ0v) is 7.49. The molecule has 0 radical (unpaired) electrons. The van der Waals surface area contributed by atoms with Gasteiger partial charge in [0.25, 0.3) is 0 Å². The third-order valence-corrected chi connectivity index (χ3v) is 2.37. The fraction of sp³-hybridized carbons (Fsp3) is 0.778. The van der Waals surface area contributed by atoms with Crippen LogP contribution in [0.25, 0.3) is 0 Å². The van der Waals surface area contributed by atoms with Crippen LogP contribution in [-0.4, -0.2) is 36.0 Å². The van der Waals surface area contributed by atoms with Crippen LogP contribution in [0.1, 0.15) is 25.7 Å². The molecule has 1 saturated heterocycles. The lowest BCUT2D eigenvalue weighted by Crippen LogP contribution is -2.39. The van der Waals surface area contributed by atoms with E-state index < -0.39 is 0 Å². The number of hydrogen-bond donors (Lipinski definition) is 0.